The van der Waals surface area contributed by atoms with Crippen molar-refractivity contribution in [1.82, 2.24) is 5.32 Å². The summed E-state index contributed by atoms with van der Waals surface area (Å²) >= 11 is 6.14. The lowest BCUT2D eigenvalue weighted by Crippen LogP contribution is -2.38. The van der Waals surface area contributed by atoms with Crippen LogP contribution in [0.5, 0.6) is 0 Å². The Kier molecular flexibility index (Phi) is 6.98. The Labute approximate surface area is 152 Å². The molecule has 2 amide bonds. The number of benzene rings is 2. The molecule has 0 saturated carbocycles. The number of methoxy groups -OCH3 is 1. The van der Waals surface area contributed by atoms with Crippen molar-refractivity contribution in [3.8, 4) is 0 Å². The van der Waals surface area contributed by atoms with Crippen LogP contribution in [0.1, 0.15) is 24.2 Å². The molecule has 0 fully saturated rings. The molecule has 1 atom stereocenters. The topological polar surface area (TPSA) is 67.4 Å². The first-order valence-electron chi connectivity index (χ1n) is 8.00. The van der Waals surface area contributed by atoms with E-state index in [0.717, 1.165) is 17.5 Å². The molecule has 2 rings (SSSR count). The van der Waals surface area contributed by atoms with Gasteiger partial charge in [0, 0.05) is 29.9 Å². The van der Waals surface area contributed by atoms with E-state index in [4.69, 9.17) is 16.3 Å². The number of anilines is 1. The summed E-state index contributed by atoms with van der Waals surface area (Å²) in [6.45, 7) is 2.19. The first-order chi connectivity index (χ1) is 12.0. The minimum absolute atomic E-state index is 0.140. The molecular formula is C19H21ClN2O3. The summed E-state index contributed by atoms with van der Waals surface area (Å²) in [4.78, 5) is 24.0. The number of rotatable bonds is 6. The Bertz CT molecular complexity index is 732. The van der Waals surface area contributed by atoms with E-state index in [1.807, 2.05) is 37.3 Å². The Morgan fingerprint density at radius 2 is 1.76 bits per heavy atom. The van der Waals surface area contributed by atoms with E-state index in [0.29, 0.717) is 10.7 Å². The largest absolute Gasteiger partial charge is 0.375 e. The first-order valence-corrected chi connectivity index (χ1v) is 8.38. The van der Waals surface area contributed by atoms with E-state index in [9.17, 15) is 9.59 Å². The van der Waals surface area contributed by atoms with Gasteiger partial charge >= 0.3 is 11.8 Å². The molecule has 0 spiro atoms. The molecule has 2 N–H and O–H groups in total. The Hall–Kier alpha value is -2.37. The summed E-state index contributed by atoms with van der Waals surface area (Å²) in [6, 6.07) is 14.6. The number of carbonyl (C=O) groups excluding carboxylic acids is 2. The van der Waals surface area contributed by atoms with Crippen LogP contribution in [-0.2, 0) is 20.7 Å². The van der Waals surface area contributed by atoms with Gasteiger partial charge in [-0.15, -0.1) is 0 Å². The lowest BCUT2D eigenvalue weighted by molar-refractivity contribution is -0.136. The molecule has 0 aromatic heterocycles. The van der Waals surface area contributed by atoms with Crippen molar-refractivity contribution in [2.75, 3.05) is 19.0 Å². The fraction of sp³-hybridized carbons (Fsp3) is 0.263. The van der Waals surface area contributed by atoms with Crippen LogP contribution in [0.2, 0.25) is 5.02 Å². The highest BCUT2D eigenvalue weighted by Crippen LogP contribution is 2.24. The molecule has 5 nitrogen and oxygen atoms in total. The number of nitrogens with one attached hydrogen (secondary N) is 2. The third-order valence-electron chi connectivity index (χ3n) is 3.81. The quantitative estimate of drug-likeness (QED) is 0.776. The molecule has 0 aliphatic carbocycles. The van der Waals surface area contributed by atoms with E-state index in [1.54, 1.807) is 18.2 Å². The SMILES string of the molecule is CCc1ccc(NC(=O)C(=O)NCC(OC)c2ccccc2Cl)cc1. The van der Waals surface area contributed by atoms with Crippen LogP contribution in [0.4, 0.5) is 5.69 Å². The van der Waals surface area contributed by atoms with Crippen molar-refractivity contribution < 1.29 is 14.3 Å². The van der Waals surface area contributed by atoms with E-state index in [-0.39, 0.29) is 6.54 Å². The first kappa shape index (κ1) is 19.0. The van der Waals surface area contributed by atoms with Gasteiger partial charge in [-0.05, 0) is 30.2 Å². The average Bonchev–Trinajstić information content (AvgIpc) is 2.64. The molecule has 6 heteroatoms. The van der Waals surface area contributed by atoms with Crippen molar-refractivity contribution in [2.45, 2.75) is 19.4 Å². The summed E-state index contributed by atoms with van der Waals surface area (Å²) in [6.07, 6.45) is 0.476. The van der Waals surface area contributed by atoms with Crippen LogP contribution >= 0.6 is 11.6 Å². The third-order valence-corrected chi connectivity index (χ3v) is 4.16. The van der Waals surface area contributed by atoms with Crippen LogP contribution in [-0.4, -0.2) is 25.5 Å². The number of hydrogen-bond acceptors (Lipinski definition) is 3. The minimum atomic E-state index is -0.728. The van der Waals surface area contributed by atoms with Gasteiger partial charge in [-0.1, -0.05) is 48.9 Å². The molecule has 0 aliphatic rings. The predicted molar refractivity (Wildman–Crippen MR) is 98.7 cm³/mol. The minimum Gasteiger partial charge on any atom is -0.375 e. The smallest absolute Gasteiger partial charge is 0.313 e. The molecule has 0 aliphatic heterocycles. The lowest BCUT2D eigenvalue weighted by atomic mass is 10.1. The van der Waals surface area contributed by atoms with Crippen molar-refractivity contribution in [2.24, 2.45) is 0 Å². The van der Waals surface area contributed by atoms with Gasteiger partial charge < -0.3 is 15.4 Å². The van der Waals surface area contributed by atoms with Gasteiger partial charge in [-0.2, -0.15) is 0 Å². The van der Waals surface area contributed by atoms with Gasteiger partial charge in [-0.3, -0.25) is 9.59 Å². The molecule has 25 heavy (non-hydrogen) atoms. The fourth-order valence-corrected chi connectivity index (χ4v) is 2.59. The summed E-state index contributed by atoms with van der Waals surface area (Å²) in [5.41, 5.74) is 2.49. The van der Waals surface area contributed by atoms with Gasteiger partial charge in [0.15, 0.2) is 0 Å². The molecule has 132 valence electrons. The third kappa shape index (κ3) is 5.31. The zero-order valence-electron chi connectivity index (χ0n) is 14.2. The maximum atomic E-state index is 12.0. The summed E-state index contributed by atoms with van der Waals surface area (Å²) in [7, 11) is 1.52. The summed E-state index contributed by atoms with van der Waals surface area (Å²) < 4.78 is 5.36. The molecule has 0 saturated heterocycles. The maximum Gasteiger partial charge on any atom is 0.313 e. The highest BCUT2D eigenvalue weighted by molar-refractivity contribution is 6.39. The van der Waals surface area contributed by atoms with Crippen molar-refractivity contribution >= 4 is 29.1 Å². The van der Waals surface area contributed by atoms with Crippen molar-refractivity contribution in [1.29, 1.82) is 0 Å². The average molecular weight is 361 g/mol. The number of aryl methyl sites for hydroxylation is 1. The molecule has 0 radical (unpaired) electrons. The van der Waals surface area contributed by atoms with Crippen LogP contribution in [0.15, 0.2) is 48.5 Å². The molecule has 2 aromatic carbocycles. The van der Waals surface area contributed by atoms with E-state index < -0.39 is 17.9 Å². The number of amides is 2. The number of carbonyl (C=O) groups is 2. The van der Waals surface area contributed by atoms with Gasteiger partial charge in [0.1, 0.15) is 6.10 Å². The Morgan fingerprint density at radius 1 is 1.08 bits per heavy atom. The standard InChI is InChI=1S/C19H21ClN2O3/c1-3-13-8-10-14(11-9-13)22-19(24)18(23)21-12-17(25-2)15-6-4-5-7-16(15)20/h4-11,17H,3,12H2,1-2H3,(H,21,23)(H,22,24). The second-order valence-corrected chi connectivity index (χ2v) is 5.87. The number of halogens is 1. The van der Waals surface area contributed by atoms with Crippen LogP contribution in [0.3, 0.4) is 0 Å². The molecule has 2 aromatic rings. The second-order valence-electron chi connectivity index (χ2n) is 5.46. The van der Waals surface area contributed by atoms with Gasteiger partial charge in [-0.25, -0.2) is 0 Å². The normalized spacial score (nSPS) is 11.6. The summed E-state index contributed by atoms with van der Waals surface area (Å²) in [5.74, 6) is -1.45. The van der Waals surface area contributed by atoms with Crippen LogP contribution in [0, 0.1) is 0 Å². The molecule has 1 unspecified atom stereocenters. The van der Waals surface area contributed by atoms with E-state index in [1.165, 1.54) is 7.11 Å². The van der Waals surface area contributed by atoms with Crippen molar-refractivity contribution in [3.05, 3.63) is 64.7 Å². The summed E-state index contributed by atoms with van der Waals surface area (Å²) in [5, 5.41) is 5.68. The van der Waals surface area contributed by atoms with Crippen LogP contribution in [0.25, 0.3) is 0 Å². The zero-order chi connectivity index (χ0) is 18.2. The highest BCUT2D eigenvalue weighted by Gasteiger charge is 2.18. The number of hydrogen-bond donors (Lipinski definition) is 2. The molecule has 0 heterocycles. The Balaban J connectivity index is 1.91. The molecular weight excluding hydrogens is 340 g/mol. The monoisotopic (exact) mass is 360 g/mol. The van der Waals surface area contributed by atoms with Gasteiger partial charge in [0.2, 0.25) is 0 Å². The Morgan fingerprint density at radius 3 is 2.36 bits per heavy atom. The fourth-order valence-electron chi connectivity index (χ4n) is 2.33. The molecule has 0 bridgehead atoms. The lowest BCUT2D eigenvalue weighted by Gasteiger charge is -2.17. The highest BCUT2D eigenvalue weighted by atomic mass is 35.5. The van der Waals surface area contributed by atoms with Gasteiger partial charge in [0.25, 0.3) is 0 Å². The van der Waals surface area contributed by atoms with E-state index >= 15 is 0 Å². The number of ether oxygens (including phenoxy) is 1. The zero-order valence-corrected chi connectivity index (χ0v) is 15.0. The van der Waals surface area contributed by atoms with E-state index in [2.05, 4.69) is 10.6 Å². The maximum absolute atomic E-state index is 12.0. The van der Waals surface area contributed by atoms with Gasteiger partial charge in [0.05, 0.1) is 0 Å². The predicted octanol–water partition coefficient (Wildman–Crippen LogP) is 3.34. The second kappa shape index (κ2) is 9.20. The van der Waals surface area contributed by atoms with Crippen LogP contribution < -0.4 is 10.6 Å². The van der Waals surface area contributed by atoms with Crippen molar-refractivity contribution in [3.63, 3.8) is 0 Å².